The zero-order valence-corrected chi connectivity index (χ0v) is 9.44. The maximum atomic E-state index is 5.53. The third-order valence-corrected chi connectivity index (χ3v) is 2.76. The third kappa shape index (κ3) is 2.51. The number of pyridine rings is 1. The zero-order valence-electron chi connectivity index (χ0n) is 7.81. The molecule has 15 heavy (non-hydrogen) atoms. The summed E-state index contributed by atoms with van der Waals surface area (Å²) in [6.07, 6.45) is 1.68. The Bertz CT molecular complexity index is 465. The summed E-state index contributed by atoms with van der Waals surface area (Å²) >= 11 is 6.52. The Hall–Kier alpha value is -1.46. The quantitative estimate of drug-likeness (QED) is 0.803. The van der Waals surface area contributed by atoms with Crippen LogP contribution in [0.25, 0.3) is 0 Å². The Kier molecular flexibility index (Phi) is 2.94. The maximum absolute atomic E-state index is 5.53. The van der Waals surface area contributed by atoms with Crippen molar-refractivity contribution in [3.63, 3.8) is 0 Å². The zero-order chi connectivity index (χ0) is 10.7. The number of nitrogens with one attached hydrogen (secondary N) is 1. The Morgan fingerprint density at radius 3 is 3.00 bits per heavy atom. The lowest BCUT2D eigenvalue weighted by Crippen LogP contribution is -2.09. The van der Waals surface area contributed by atoms with E-state index in [1.54, 1.807) is 23.6 Å². The molecular weight excluding hydrogens is 226 g/mol. The molecule has 0 saturated heterocycles. The van der Waals surface area contributed by atoms with Crippen molar-refractivity contribution in [1.82, 2.24) is 4.98 Å². The lowest BCUT2D eigenvalue weighted by molar-refractivity contribution is 1.30. The predicted octanol–water partition coefficient (Wildman–Crippen LogP) is 2.52. The summed E-state index contributed by atoms with van der Waals surface area (Å²) in [7, 11) is 0. The van der Waals surface area contributed by atoms with Gasteiger partial charge in [-0.2, -0.15) is 11.3 Å². The van der Waals surface area contributed by atoms with Crippen LogP contribution < -0.4 is 11.1 Å². The van der Waals surface area contributed by atoms with Crippen molar-refractivity contribution in [2.24, 2.45) is 5.73 Å². The topological polar surface area (TPSA) is 50.9 Å². The van der Waals surface area contributed by atoms with E-state index in [1.165, 1.54) is 0 Å². The van der Waals surface area contributed by atoms with Gasteiger partial charge in [0.25, 0.3) is 0 Å². The molecule has 76 valence electrons. The predicted molar refractivity (Wildman–Crippen MR) is 67.7 cm³/mol. The van der Waals surface area contributed by atoms with E-state index >= 15 is 0 Å². The van der Waals surface area contributed by atoms with E-state index in [0.29, 0.717) is 4.99 Å². The molecule has 2 heterocycles. The molecule has 5 heteroatoms. The van der Waals surface area contributed by atoms with E-state index in [-0.39, 0.29) is 0 Å². The highest BCUT2D eigenvalue weighted by Gasteiger charge is 2.00. The summed E-state index contributed by atoms with van der Waals surface area (Å²) in [5.74, 6) is 0.749. The average Bonchev–Trinajstić information content (AvgIpc) is 2.71. The van der Waals surface area contributed by atoms with Crippen molar-refractivity contribution in [2.75, 3.05) is 5.32 Å². The number of anilines is 2. The van der Waals surface area contributed by atoms with Crippen molar-refractivity contribution in [3.8, 4) is 0 Å². The van der Waals surface area contributed by atoms with Gasteiger partial charge in [0, 0.05) is 17.1 Å². The molecule has 0 aromatic carbocycles. The molecule has 0 amide bonds. The van der Waals surface area contributed by atoms with E-state index in [0.717, 1.165) is 17.1 Å². The second-order valence-electron chi connectivity index (χ2n) is 2.93. The Morgan fingerprint density at radius 2 is 2.33 bits per heavy atom. The van der Waals surface area contributed by atoms with Gasteiger partial charge in [0.2, 0.25) is 0 Å². The molecule has 0 aliphatic rings. The lowest BCUT2D eigenvalue weighted by Gasteiger charge is -2.04. The summed E-state index contributed by atoms with van der Waals surface area (Å²) in [6.45, 7) is 0. The van der Waals surface area contributed by atoms with Crippen molar-refractivity contribution < 1.29 is 0 Å². The monoisotopic (exact) mass is 235 g/mol. The Labute approximate surface area is 97.0 Å². The molecule has 0 unspecified atom stereocenters. The molecule has 0 atom stereocenters. The maximum Gasteiger partial charge on any atom is 0.130 e. The fraction of sp³-hybridized carbons (Fsp3) is 0. The minimum absolute atomic E-state index is 0.380. The molecule has 0 saturated carbocycles. The highest BCUT2D eigenvalue weighted by molar-refractivity contribution is 7.80. The molecule has 0 aliphatic heterocycles. The first-order valence-corrected chi connectivity index (χ1v) is 5.66. The first kappa shape index (κ1) is 10.1. The van der Waals surface area contributed by atoms with Gasteiger partial charge >= 0.3 is 0 Å². The molecule has 2 aromatic heterocycles. The second kappa shape index (κ2) is 4.37. The van der Waals surface area contributed by atoms with Gasteiger partial charge in [-0.3, -0.25) is 0 Å². The van der Waals surface area contributed by atoms with E-state index in [4.69, 9.17) is 18.0 Å². The molecule has 0 fully saturated rings. The van der Waals surface area contributed by atoms with Gasteiger partial charge in [-0.1, -0.05) is 12.2 Å². The van der Waals surface area contributed by atoms with Crippen LogP contribution in [0.15, 0.2) is 35.2 Å². The van der Waals surface area contributed by atoms with Crippen LogP contribution in [0.2, 0.25) is 0 Å². The second-order valence-corrected chi connectivity index (χ2v) is 4.15. The highest BCUT2D eigenvalue weighted by Crippen LogP contribution is 2.17. The van der Waals surface area contributed by atoms with Crippen molar-refractivity contribution in [1.29, 1.82) is 0 Å². The van der Waals surface area contributed by atoms with Gasteiger partial charge in [0.05, 0.1) is 5.69 Å². The van der Waals surface area contributed by atoms with Gasteiger partial charge in [0.1, 0.15) is 10.8 Å². The summed E-state index contributed by atoms with van der Waals surface area (Å²) in [5.41, 5.74) is 7.37. The number of thiocarbonyl (C=S) groups is 1. The van der Waals surface area contributed by atoms with Gasteiger partial charge in [-0.15, -0.1) is 0 Å². The van der Waals surface area contributed by atoms with Crippen molar-refractivity contribution >= 4 is 40.0 Å². The van der Waals surface area contributed by atoms with Crippen LogP contribution in [0.1, 0.15) is 5.56 Å². The molecule has 0 bridgehead atoms. The van der Waals surface area contributed by atoms with Gasteiger partial charge in [-0.05, 0) is 23.6 Å². The molecule has 0 spiro atoms. The number of rotatable bonds is 3. The number of nitrogens with zero attached hydrogens (tertiary/aromatic N) is 1. The third-order valence-electron chi connectivity index (χ3n) is 1.84. The Balaban J connectivity index is 2.22. The summed E-state index contributed by atoms with van der Waals surface area (Å²) in [4.78, 5) is 4.56. The van der Waals surface area contributed by atoms with Gasteiger partial charge < -0.3 is 11.1 Å². The average molecular weight is 235 g/mol. The number of hydrogen-bond acceptors (Lipinski definition) is 4. The standard InChI is InChI=1S/C10H9N3S2/c11-10(14)7-1-3-12-9(5-7)13-8-2-4-15-6-8/h1-6H,(H2,11,14)(H,12,13). The van der Waals surface area contributed by atoms with Gasteiger partial charge in [0.15, 0.2) is 0 Å². The summed E-state index contributed by atoms with van der Waals surface area (Å²) in [6, 6.07) is 5.61. The van der Waals surface area contributed by atoms with E-state index in [2.05, 4.69) is 10.3 Å². The summed E-state index contributed by atoms with van der Waals surface area (Å²) in [5, 5.41) is 7.17. The fourth-order valence-electron chi connectivity index (χ4n) is 1.14. The first-order chi connectivity index (χ1) is 7.25. The Morgan fingerprint density at radius 1 is 1.47 bits per heavy atom. The molecule has 2 rings (SSSR count). The lowest BCUT2D eigenvalue weighted by atomic mass is 10.2. The van der Waals surface area contributed by atoms with Crippen LogP contribution in [0.5, 0.6) is 0 Å². The highest BCUT2D eigenvalue weighted by atomic mass is 32.1. The van der Waals surface area contributed by atoms with Crippen molar-refractivity contribution in [2.45, 2.75) is 0 Å². The van der Waals surface area contributed by atoms with Crippen molar-refractivity contribution in [3.05, 3.63) is 40.7 Å². The number of thiophene rings is 1. The fourth-order valence-corrected chi connectivity index (χ4v) is 1.85. The van der Waals surface area contributed by atoms with Crippen LogP contribution in [0, 0.1) is 0 Å². The number of nitrogens with two attached hydrogens (primary N) is 1. The largest absolute Gasteiger partial charge is 0.389 e. The summed E-state index contributed by atoms with van der Waals surface area (Å²) < 4.78 is 0. The minimum Gasteiger partial charge on any atom is -0.389 e. The van der Waals surface area contributed by atoms with Crippen LogP contribution in [-0.4, -0.2) is 9.97 Å². The first-order valence-electron chi connectivity index (χ1n) is 4.31. The molecule has 3 nitrogen and oxygen atoms in total. The van der Waals surface area contributed by atoms with Crippen LogP contribution in [0.4, 0.5) is 11.5 Å². The number of hydrogen-bond donors (Lipinski definition) is 2. The smallest absolute Gasteiger partial charge is 0.130 e. The van der Waals surface area contributed by atoms with E-state index in [9.17, 15) is 0 Å². The SMILES string of the molecule is NC(=S)c1ccnc(Nc2ccsc2)c1. The normalized spacial score (nSPS) is 9.87. The minimum atomic E-state index is 0.380. The molecule has 0 radical (unpaired) electrons. The van der Waals surface area contributed by atoms with Crippen LogP contribution in [0.3, 0.4) is 0 Å². The number of aromatic nitrogens is 1. The molecular formula is C10H9N3S2. The van der Waals surface area contributed by atoms with E-state index in [1.807, 2.05) is 22.9 Å². The van der Waals surface area contributed by atoms with Crippen LogP contribution in [-0.2, 0) is 0 Å². The molecule has 2 aromatic rings. The van der Waals surface area contributed by atoms with Crippen LogP contribution >= 0.6 is 23.6 Å². The van der Waals surface area contributed by atoms with E-state index < -0.39 is 0 Å². The van der Waals surface area contributed by atoms with Gasteiger partial charge in [-0.25, -0.2) is 4.98 Å². The molecule has 3 N–H and O–H groups in total. The molecule has 0 aliphatic carbocycles.